The molecule has 0 spiro atoms. The number of halogens is 2. The zero-order valence-corrected chi connectivity index (χ0v) is 22.8. The van der Waals surface area contributed by atoms with Crippen LogP contribution in [0.5, 0.6) is 0 Å². The summed E-state index contributed by atoms with van der Waals surface area (Å²) in [6.45, 7) is -1.53. The normalized spacial score (nSPS) is 22.8. The van der Waals surface area contributed by atoms with E-state index in [-0.39, 0.29) is 55.7 Å². The van der Waals surface area contributed by atoms with Gasteiger partial charge in [-0.2, -0.15) is 0 Å². The second-order valence-electron chi connectivity index (χ2n) is 10.8. The molecule has 2 fully saturated rings. The van der Waals surface area contributed by atoms with Crippen LogP contribution in [0.1, 0.15) is 60.6 Å². The van der Waals surface area contributed by atoms with E-state index in [0.717, 1.165) is 30.8 Å². The van der Waals surface area contributed by atoms with Gasteiger partial charge in [-0.25, -0.2) is 8.78 Å². The van der Waals surface area contributed by atoms with Crippen LogP contribution in [0, 0.1) is 17.6 Å². The van der Waals surface area contributed by atoms with Gasteiger partial charge in [-0.05, 0) is 97.3 Å². The molecular weight excluding hydrogens is 522 g/mol. The summed E-state index contributed by atoms with van der Waals surface area (Å²) in [7, 11) is 1.99. The van der Waals surface area contributed by atoms with Crippen LogP contribution in [0.15, 0.2) is 59.5 Å². The zero-order chi connectivity index (χ0) is 34.5. The average Bonchev–Trinajstić information content (AvgIpc) is 3.38. The van der Waals surface area contributed by atoms with Crippen LogP contribution in [0.25, 0.3) is 0 Å². The minimum absolute atomic E-state index is 0.00491. The van der Waals surface area contributed by atoms with Crippen LogP contribution in [0.4, 0.5) is 14.5 Å². The molecule has 3 aromatic carbocycles. The molecule has 2 saturated heterocycles. The lowest BCUT2D eigenvalue weighted by atomic mass is 9.89. The van der Waals surface area contributed by atoms with Crippen LogP contribution in [-0.2, 0) is 24.1 Å². The van der Waals surface area contributed by atoms with Crippen molar-refractivity contribution in [2.75, 3.05) is 51.2 Å². The first kappa shape index (κ1) is 20.3. The number of hydrogen-bond acceptors (Lipinski definition) is 5. The molecule has 0 aliphatic carbocycles. The molecule has 0 aromatic heterocycles. The summed E-state index contributed by atoms with van der Waals surface area (Å²) in [6, 6.07) is 8.27. The number of amides is 1. The number of benzene rings is 3. The summed E-state index contributed by atoms with van der Waals surface area (Å²) in [5, 5.41) is 2.84. The maximum Gasteiger partial charge on any atom is 0.257 e. The lowest BCUT2D eigenvalue weighted by Gasteiger charge is -2.34. The molecule has 6 rings (SSSR count). The van der Waals surface area contributed by atoms with Gasteiger partial charge in [-0.1, -0.05) is 12.1 Å². The molecule has 3 aromatic rings. The van der Waals surface area contributed by atoms with Crippen molar-refractivity contribution in [1.29, 1.82) is 0 Å². The van der Waals surface area contributed by atoms with Crippen molar-refractivity contribution in [1.82, 2.24) is 10.2 Å². The van der Waals surface area contributed by atoms with Crippen molar-refractivity contribution in [2.24, 2.45) is 10.9 Å². The quantitative estimate of drug-likeness (QED) is 0.459. The van der Waals surface area contributed by atoms with Gasteiger partial charge in [0.1, 0.15) is 17.5 Å². The highest BCUT2D eigenvalue weighted by Crippen LogP contribution is 2.28. The van der Waals surface area contributed by atoms with E-state index in [2.05, 4.69) is 15.2 Å². The molecule has 1 amide bonds. The monoisotopic (exact) mass is 565 g/mol. The van der Waals surface area contributed by atoms with E-state index >= 15 is 0 Å². The van der Waals surface area contributed by atoms with Gasteiger partial charge in [0.15, 0.2) is 0 Å². The topological polar surface area (TPSA) is 57.2 Å². The third kappa shape index (κ3) is 6.49. The van der Waals surface area contributed by atoms with Crippen molar-refractivity contribution in [3.05, 3.63) is 99.5 Å². The number of carbonyl (C=O) groups is 1. The van der Waals surface area contributed by atoms with Crippen molar-refractivity contribution in [3.63, 3.8) is 0 Å². The lowest BCUT2D eigenvalue weighted by molar-refractivity contribution is 0.0664. The molecule has 0 atom stereocenters. The Labute approximate surface area is 249 Å². The molecule has 6 nitrogen and oxygen atoms in total. The standard InChI is InChI=1S/C33H36F2N4O2/c1-38-8-10-39(11-9-38)29-4-5-30(26(19-29)15-22-6-12-41-13-7-22)33(40)37-32-31-18-23(2-3-25(31)21-36-32)14-24-16-27(34)20-28(35)17-24/h2-5,16-20,22H,6-15,21H2,1H3,(H,36,37,40)/i4D,12D2,13D2,19D,20D. The van der Waals surface area contributed by atoms with E-state index in [1.54, 1.807) is 6.07 Å². The third-order valence-corrected chi connectivity index (χ3v) is 7.73. The lowest BCUT2D eigenvalue weighted by Crippen LogP contribution is -2.44. The molecule has 3 aliphatic heterocycles. The average molecular weight is 566 g/mol. The third-order valence-electron chi connectivity index (χ3n) is 7.73. The summed E-state index contributed by atoms with van der Waals surface area (Å²) < 4.78 is 91.1. The molecular formula is C33H36F2N4O2. The predicted octanol–water partition coefficient (Wildman–Crippen LogP) is 4.97. The number of nitrogens with one attached hydrogen (secondary N) is 1. The van der Waals surface area contributed by atoms with E-state index < -0.39 is 42.6 Å². The summed E-state index contributed by atoms with van der Waals surface area (Å²) in [4.78, 5) is 22.6. The maximum atomic E-state index is 14.0. The molecule has 214 valence electrons. The Morgan fingerprint density at radius 3 is 2.59 bits per heavy atom. The number of hydrogen-bond donors (Lipinski definition) is 1. The van der Waals surface area contributed by atoms with E-state index in [1.807, 2.05) is 24.1 Å². The molecule has 0 unspecified atom stereocenters. The Morgan fingerprint density at radius 1 is 1.07 bits per heavy atom. The smallest absolute Gasteiger partial charge is 0.257 e. The van der Waals surface area contributed by atoms with Crippen LogP contribution >= 0.6 is 0 Å². The van der Waals surface area contributed by atoms with Crippen LogP contribution in [0.2, 0.25) is 0 Å². The van der Waals surface area contributed by atoms with Gasteiger partial charge in [0.2, 0.25) is 0 Å². The number of amidine groups is 1. The van der Waals surface area contributed by atoms with Crippen molar-refractivity contribution in [3.8, 4) is 0 Å². The van der Waals surface area contributed by atoms with Gasteiger partial charge in [0.25, 0.3) is 5.91 Å². The second kappa shape index (κ2) is 12.1. The maximum absolute atomic E-state index is 14.0. The van der Waals surface area contributed by atoms with Gasteiger partial charge in [0.05, 0.1) is 16.1 Å². The summed E-state index contributed by atoms with van der Waals surface area (Å²) in [6.07, 6.45) is -0.0409. The fraction of sp³-hybridized carbons (Fsp3) is 0.394. The van der Waals surface area contributed by atoms with E-state index in [1.165, 1.54) is 6.07 Å². The molecule has 0 bridgehead atoms. The highest BCUT2D eigenvalue weighted by molar-refractivity contribution is 6.14. The number of anilines is 1. The number of ether oxygens (including phenoxy) is 1. The number of piperazine rings is 1. The van der Waals surface area contributed by atoms with Crippen molar-refractivity contribution < 1.29 is 27.9 Å². The fourth-order valence-electron chi connectivity index (χ4n) is 5.43. The minimum Gasteiger partial charge on any atom is -0.381 e. The molecule has 3 heterocycles. The largest absolute Gasteiger partial charge is 0.381 e. The Morgan fingerprint density at radius 2 is 1.83 bits per heavy atom. The first-order valence-corrected chi connectivity index (χ1v) is 13.8. The number of fused-ring (bicyclic) bond motifs is 1. The minimum atomic E-state index is -2.23. The summed E-state index contributed by atoms with van der Waals surface area (Å²) in [5.74, 6) is -2.83. The van der Waals surface area contributed by atoms with Crippen molar-refractivity contribution >= 4 is 17.4 Å². The molecule has 1 N–H and O–H groups in total. The molecule has 0 radical (unpaired) electrons. The van der Waals surface area contributed by atoms with Gasteiger partial charge in [0, 0.05) is 62.2 Å². The molecule has 0 saturated carbocycles. The predicted molar refractivity (Wildman–Crippen MR) is 157 cm³/mol. The Balaban J connectivity index is 1.31. The molecule has 8 heteroatoms. The van der Waals surface area contributed by atoms with Gasteiger partial charge < -0.3 is 19.9 Å². The van der Waals surface area contributed by atoms with E-state index in [4.69, 9.17) is 13.0 Å². The number of rotatable bonds is 6. The number of nitrogens with zero attached hydrogens (tertiary/aromatic N) is 3. The van der Waals surface area contributed by atoms with E-state index in [9.17, 15) is 14.9 Å². The highest BCUT2D eigenvalue weighted by atomic mass is 19.1. The van der Waals surface area contributed by atoms with Gasteiger partial charge >= 0.3 is 0 Å². The molecule has 3 aliphatic rings. The second-order valence-corrected chi connectivity index (χ2v) is 10.8. The Bertz CT molecular complexity index is 1760. The van der Waals surface area contributed by atoms with Gasteiger partial charge in [-0.15, -0.1) is 0 Å². The number of carbonyl (C=O) groups excluding carboxylic acids is 1. The fourth-order valence-corrected chi connectivity index (χ4v) is 5.43. The zero-order valence-electron chi connectivity index (χ0n) is 29.8. The SMILES string of the molecule is [2H]c1cc(C(=O)NC2=NCc3ccc(Cc4cc(F)c([2H])c(F)c4)cc32)c(CC2CC([2H])([2H])OC([2H])([2H])C2)c([2H])c1N1CCN(C)CC1. The first-order chi connectivity index (χ1) is 22.6. The summed E-state index contributed by atoms with van der Waals surface area (Å²) >= 11 is 0. The summed E-state index contributed by atoms with van der Waals surface area (Å²) in [5.41, 5.74) is 3.24. The van der Waals surface area contributed by atoms with Crippen LogP contribution in [-0.4, -0.2) is 63.0 Å². The Hall–Kier alpha value is -3.62. The Kier molecular flexibility index (Phi) is 5.98. The number of aliphatic imine (C=N–C) groups is 1. The highest BCUT2D eigenvalue weighted by Gasteiger charge is 2.24. The number of likely N-dealkylation sites (N-methyl/N-ethyl adjacent to an activating group) is 1. The van der Waals surface area contributed by atoms with Crippen molar-refractivity contribution in [2.45, 2.75) is 32.2 Å². The van der Waals surface area contributed by atoms with Crippen LogP contribution < -0.4 is 10.2 Å². The van der Waals surface area contributed by atoms with E-state index in [0.29, 0.717) is 41.0 Å². The van der Waals surface area contributed by atoms with Gasteiger partial charge in [-0.3, -0.25) is 9.79 Å². The van der Waals surface area contributed by atoms with Crippen LogP contribution in [0.3, 0.4) is 0 Å². The molecule has 41 heavy (non-hydrogen) atoms. The first-order valence-electron chi connectivity index (χ1n) is 17.3.